The van der Waals surface area contributed by atoms with Crippen molar-refractivity contribution in [3.05, 3.63) is 34.9 Å². The highest BCUT2D eigenvalue weighted by atomic mass is 16.5. The fraction of sp³-hybridized carbons (Fsp3) is 0.529. The number of ketones is 1. The molecule has 1 aliphatic heterocycles. The molecule has 1 saturated heterocycles. The number of Topliss-reactive ketones (excluding diaryl/α,β-unsaturated/α-hetero) is 1. The molecule has 1 aromatic rings. The van der Waals surface area contributed by atoms with Crippen molar-refractivity contribution >= 4 is 11.8 Å². The van der Waals surface area contributed by atoms with E-state index in [1.807, 2.05) is 32.0 Å². The zero-order chi connectivity index (χ0) is 15.5. The van der Waals surface area contributed by atoms with E-state index in [2.05, 4.69) is 0 Å². The SMILES string of the molecule is CCOC(=O)C1(Cc2cc(C)ccc2C)COCCC1=O. The van der Waals surface area contributed by atoms with Crippen molar-refractivity contribution in [3.8, 4) is 0 Å². The summed E-state index contributed by atoms with van der Waals surface area (Å²) in [5.41, 5.74) is 2.00. The van der Waals surface area contributed by atoms with E-state index in [0.717, 1.165) is 16.7 Å². The second-order valence-corrected chi connectivity index (χ2v) is 5.64. The van der Waals surface area contributed by atoms with Gasteiger partial charge in [-0.15, -0.1) is 0 Å². The van der Waals surface area contributed by atoms with Crippen molar-refractivity contribution in [2.24, 2.45) is 5.41 Å². The molecule has 0 aliphatic carbocycles. The molecule has 1 aromatic carbocycles. The first-order valence-electron chi connectivity index (χ1n) is 7.34. The van der Waals surface area contributed by atoms with E-state index in [4.69, 9.17) is 9.47 Å². The molecule has 0 N–H and O–H groups in total. The first-order chi connectivity index (χ1) is 9.99. The fourth-order valence-electron chi connectivity index (χ4n) is 2.71. The smallest absolute Gasteiger partial charge is 0.322 e. The van der Waals surface area contributed by atoms with E-state index in [1.165, 1.54) is 0 Å². The van der Waals surface area contributed by atoms with E-state index < -0.39 is 11.4 Å². The molecule has 21 heavy (non-hydrogen) atoms. The first kappa shape index (κ1) is 15.7. The Morgan fingerprint density at radius 1 is 1.38 bits per heavy atom. The van der Waals surface area contributed by atoms with Crippen LogP contribution in [-0.4, -0.2) is 31.6 Å². The van der Waals surface area contributed by atoms with Crippen molar-refractivity contribution in [1.29, 1.82) is 0 Å². The van der Waals surface area contributed by atoms with Crippen molar-refractivity contribution in [3.63, 3.8) is 0 Å². The Balaban J connectivity index is 2.38. The molecule has 1 unspecified atom stereocenters. The van der Waals surface area contributed by atoms with Crippen LogP contribution in [-0.2, 0) is 25.5 Å². The molecule has 0 bridgehead atoms. The van der Waals surface area contributed by atoms with Gasteiger partial charge in [0.2, 0.25) is 0 Å². The molecule has 1 fully saturated rings. The second kappa shape index (κ2) is 6.39. The maximum atomic E-state index is 12.5. The van der Waals surface area contributed by atoms with Crippen molar-refractivity contribution < 1.29 is 19.1 Å². The summed E-state index contributed by atoms with van der Waals surface area (Å²) in [5, 5.41) is 0. The van der Waals surface area contributed by atoms with Gasteiger partial charge in [-0.1, -0.05) is 23.8 Å². The van der Waals surface area contributed by atoms with Gasteiger partial charge >= 0.3 is 5.97 Å². The highest BCUT2D eigenvalue weighted by Gasteiger charge is 2.49. The third-order valence-electron chi connectivity index (χ3n) is 4.02. The van der Waals surface area contributed by atoms with Crippen LogP contribution in [0.2, 0.25) is 0 Å². The minimum absolute atomic E-state index is 0.0758. The Kier molecular flexibility index (Phi) is 4.78. The maximum Gasteiger partial charge on any atom is 0.322 e. The van der Waals surface area contributed by atoms with Gasteiger partial charge < -0.3 is 9.47 Å². The largest absolute Gasteiger partial charge is 0.465 e. The van der Waals surface area contributed by atoms with Crippen LogP contribution >= 0.6 is 0 Å². The molecule has 0 saturated carbocycles. The van der Waals surface area contributed by atoms with Crippen LogP contribution in [0.3, 0.4) is 0 Å². The van der Waals surface area contributed by atoms with E-state index in [9.17, 15) is 9.59 Å². The standard InChI is InChI=1S/C17H22O4/c1-4-21-16(19)17(11-20-8-7-15(17)18)10-14-9-12(2)5-6-13(14)3/h5-6,9H,4,7-8,10-11H2,1-3H3. The van der Waals surface area contributed by atoms with Crippen molar-refractivity contribution in [2.45, 2.75) is 33.6 Å². The zero-order valence-corrected chi connectivity index (χ0v) is 12.9. The number of carbonyl (C=O) groups is 2. The van der Waals surface area contributed by atoms with Gasteiger partial charge in [0.1, 0.15) is 0 Å². The lowest BCUT2D eigenvalue weighted by Gasteiger charge is -2.33. The molecule has 0 spiro atoms. The van der Waals surface area contributed by atoms with Crippen LogP contribution < -0.4 is 0 Å². The molecule has 1 heterocycles. The van der Waals surface area contributed by atoms with E-state index >= 15 is 0 Å². The van der Waals surface area contributed by atoms with Gasteiger partial charge in [0.15, 0.2) is 11.2 Å². The van der Waals surface area contributed by atoms with Crippen LogP contribution in [0.15, 0.2) is 18.2 Å². The number of rotatable bonds is 4. The summed E-state index contributed by atoms with van der Waals surface area (Å²) in [6, 6.07) is 6.06. The van der Waals surface area contributed by atoms with Crippen molar-refractivity contribution in [1.82, 2.24) is 0 Å². The van der Waals surface area contributed by atoms with E-state index in [0.29, 0.717) is 13.0 Å². The lowest BCUT2D eigenvalue weighted by molar-refractivity contribution is -0.169. The first-order valence-corrected chi connectivity index (χ1v) is 7.34. The van der Waals surface area contributed by atoms with Crippen LogP contribution in [0, 0.1) is 19.3 Å². The fourth-order valence-corrected chi connectivity index (χ4v) is 2.71. The minimum atomic E-state index is -1.19. The summed E-state index contributed by atoms with van der Waals surface area (Å²) in [6.07, 6.45) is 0.613. The Labute approximate surface area is 125 Å². The van der Waals surface area contributed by atoms with Gasteiger partial charge in [-0.05, 0) is 38.3 Å². The van der Waals surface area contributed by atoms with Gasteiger partial charge in [-0.2, -0.15) is 0 Å². The van der Waals surface area contributed by atoms with Gasteiger partial charge in [-0.3, -0.25) is 9.59 Å². The average Bonchev–Trinajstić information content (AvgIpc) is 2.45. The molecular weight excluding hydrogens is 268 g/mol. The van der Waals surface area contributed by atoms with Crippen molar-refractivity contribution in [2.75, 3.05) is 19.8 Å². The molecule has 1 atom stereocenters. The third kappa shape index (κ3) is 3.16. The van der Waals surface area contributed by atoms with Gasteiger partial charge in [0.25, 0.3) is 0 Å². The molecule has 0 aromatic heterocycles. The van der Waals surface area contributed by atoms with Gasteiger partial charge in [0.05, 0.1) is 19.8 Å². The van der Waals surface area contributed by atoms with Gasteiger partial charge in [0, 0.05) is 6.42 Å². The normalized spacial score (nSPS) is 22.1. The molecule has 0 radical (unpaired) electrons. The minimum Gasteiger partial charge on any atom is -0.465 e. The number of hydrogen-bond donors (Lipinski definition) is 0. The third-order valence-corrected chi connectivity index (χ3v) is 4.02. The predicted molar refractivity (Wildman–Crippen MR) is 79.1 cm³/mol. The molecule has 1 aliphatic rings. The number of carbonyl (C=O) groups excluding carboxylic acids is 2. The number of benzene rings is 1. The highest BCUT2D eigenvalue weighted by molar-refractivity contribution is 6.04. The summed E-state index contributed by atoms with van der Waals surface area (Å²) in [6.45, 7) is 6.49. The molecule has 2 rings (SSSR count). The van der Waals surface area contributed by atoms with Crippen LogP contribution in [0.5, 0.6) is 0 Å². The van der Waals surface area contributed by atoms with E-state index in [1.54, 1.807) is 6.92 Å². The number of ether oxygens (including phenoxy) is 2. The number of hydrogen-bond acceptors (Lipinski definition) is 4. The Hall–Kier alpha value is -1.68. The number of aryl methyl sites for hydroxylation is 2. The van der Waals surface area contributed by atoms with Gasteiger partial charge in [-0.25, -0.2) is 0 Å². The molecule has 4 nitrogen and oxygen atoms in total. The van der Waals surface area contributed by atoms with Crippen LogP contribution in [0.25, 0.3) is 0 Å². The molecular formula is C17H22O4. The highest BCUT2D eigenvalue weighted by Crippen LogP contribution is 2.32. The van der Waals surface area contributed by atoms with Crippen LogP contribution in [0.1, 0.15) is 30.0 Å². The topological polar surface area (TPSA) is 52.6 Å². The summed E-state index contributed by atoms with van der Waals surface area (Å²) < 4.78 is 10.6. The predicted octanol–water partition coefficient (Wildman–Crippen LogP) is 2.38. The second-order valence-electron chi connectivity index (χ2n) is 5.64. The van der Waals surface area contributed by atoms with E-state index in [-0.39, 0.29) is 25.4 Å². The maximum absolute atomic E-state index is 12.5. The monoisotopic (exact) mass is 290 g/mol. The number of esters is 1. The summed E-state index contributed by atoms with van der Waals surface area (Å²) in [5.74, 6) is -0.538. The molecule has 0 amide bonds. The Morgan fingerprint density at radius 3 is 2.81 bits per heavy atom. The van der Waals surface area contributed by atoms with Crippen LogP contribution in [0.4, 0.5) is 0 Å². The Morgan fingerprint density at radius 2 is 2.14 bits per heavy atom. The summed E-state index contributed by atoms with van der Waals surface area (Å²) in [7, 11) is 0. The average molecular weight is 290 g/mol. The summed E-state index contributed by atoms with van der Waals surface area (Å²) >= 11 is 0. The Bertz CT molecular complexity index is 550. The quantitative estimate of drug-likeness (QED) is 0.631. The summed E-state index contributed by atoms with van der Waals surface area (Å²) in [4.78, 5) is 24.9. The zero-order valence-electron chi connectivity index (χ0n) is 12.9. The lowest BCUT2D eigenvalue weighted by Crippen LogP contribution is -2.49. The molecule has 4 heteroatoms. The molecule has 114 valence electrons. The lowest BCUT2D eigenvalue weighted by atomic mass is 9.75.